The summed E-state index contributed by atoms with van der Waals surface area (Å²) >= 11 is 0. The minimum Gasteiger partial charge on any atom is -0.465 e. The van der Waals surface area contributed by atoms with Gasteiger partial charge in [0.05, 0.1) is 47.0 Å². The van der Waals surface area contributed by atoms with Gasteiger partial charge in [0.2, 0.25) is 39.3 Å². The Kier molecular flexibility index (Phi) is 62.4. The second kappa shape index (κ2) is 61.5. The van der Waals surface area contributed by atoms with Gasteiger partial charge in [0.15, 0.2) is 69.5 Å². The van der Waals surface area contributed by atoms with Gasteiger partial charge in [0.1, 0.15) is 0 Å². The Morgan fingerprint density at radius 3 is 0.942 bits per heavy atom. The summed E-state index contributed by atoms with van der Waals surface area (Å²) in [6.45, 7) is 60.2. The number of hydrogen-bond donors (Lipinski definition) is 0. The molecule has 4 rings (SSSR count). The number of likely N-dealkylation sites (N-methyl/N-ethyl adjacent to an activating group) is 2. The summed E-state index contributed by atoms with van der Waals surface area (Å²) in [6.07, 6.45) is 23.6. The average Bonchev–Trinajstić information content (AvgIpc) is 0.786. The number of ether oxygens (including phenoxy) is 4. The monoisotopic (exact) mass is 2190 g/mol. The van der Waals surface area contributed by atoms with Crippen LogP contribution in [0.5, 0.6) is 0 Å². The molecule has 2 unspecified atom stereocenters. The molecule has 0 aromatic heterocycles. The Labute approximate surface area is 847 Å². The van der Waals surface area contributed by atoms with Crippen LogP contribution in [0.4, 0.5) is 0 Å². The van der Waals surface area contributed by atoms with E-state index in [1.807, 2.05) is 60.9 Å². The van der Waals surface area contributed by atoms with Crippen molar-refractivity contribution in [3.63, 3.8) is 0 Å². The molecule has 0 radical (unpaired) electrons. The van der Waals surface area contributed by atoms with Gasteiger partial charge >= 0.3 is 66.7 Å². The highest BCUT2D eigenvalue weighted by atomic mass is 32.2. The summed E-state index contributed by atoms with van der Waals surface area (Å²) in [4.78, 5) is 53.9. The lowest BCUT2D eigenvalue weighted by molar-refractivity contribution is -0.138. The molecule has 0 bridgehead atoms. The van der Waals surface area contributed by atoms with E-state index in [1.165, 1.54) is 99.2 Å². The summed E-state index contributed by atoms with van der Waals surface area (Å²) in [6, 6.07) is 32.9. The molecule has 0 spiro atoms. The highest BCUT2D eigenvalue weighted by molar-refractivity contribution is 7.97. The first-order valence-corrected chi connectivity index (χ1v) is 82.8. The lowest BCUT2D eigenvalue weighted by atomic mass is 10.2. The maximum atomic E-state index is 13.5. The van der Waals surface area contributed by atoms with E-state index in [-0.39, 0.29) is 88.8 Å². The third-order valence-corrected chi connectivity index (χ3v) is 61.3. The van der Waals surface area contributed by atoms with Crippen LogP contribution in [0.3, 0.4) is 0 Å². The number of allylic oxidation sites excluding steroid dienone is 9. The molecule has 4 aromatic carbocycles. The number of hydrogen-bond acceptors (Lipinski definition) is 27. The van der Waals surface area contributed by atoms with E-state index >= 15 is 0 Å². The van der Waals surface area contributed by atoms with E-state index < -0.39 is 171 Å². The summed E-state index contributed by atoms with van der Waals surface area (Å²) < 4.78 is 179. The van der Waals surface area contributed by atoms with Gasteiger partial charge < -0.3 is 66.6 Å². The molecule has 0 N–H and O–H groups in total. The van der Waals surface area contributed by atoms with E-state index in [1.54, 1.807) is 136 Å². The normalized spacial score (nSPS) is 14.1. The molecule has 138 heavy (non-hydrogen) atoms. The molecule has 0 aliphatic carbocycles. The minimum atomic E-state index is -4.18. The molecule has 0 saturated heterocycles. The third-order valence-electron chi connectivity index (χ3n) is 17.5. The van der Waals surface area contributed by atoms with Gasteiger partial charge in [0, 0.05) is 40.8 Å². The maximum absolute atomic E-state index is 13.5. The standard InChI is InChI=1S/C44H70N2O12S2Si5.C23H41NO6SSi3.C23H40O6SSi3.6CH4/c1-16-53-43(47)41(59(49,50)39-27-20-18-21-28-39)31-24-33-45(4)35-26-36-64(14,56-62(9,10)11)58-65(15,57-63(12,13)55-61(6,7)8)38(3)37-46(5)34-25-32-42(44(48)54-17-2)60(51,52)40-29-22-19-23-30-40;1-24(19-14-20-34(9,29-32(3,4)5)30-33(6,7)8)18-13-17-22(23(25)28-2)31(26,27)21-15-11-10-12-16-21;1-27-23(24)22(30(25,26)21-17-13-12-14-18-21)19-15-10-9-11-16-20-33(8,28-31(2,3)4)29-32(5,6)7;;;;;;/h18-34,36H,3,16-17,35,37H2,1-2,4-15H3;10-13,15-18H,14,19-20H2,1-9H3;10,12-15,17-19H,9,11,16,20H2,1-8H3;6*1H4/b33-24+,34-25+,36-26+,41-31+,42-32-;18-13+,22-17+;15-10+,22-19+;;;;;;. The van der Waals surface area contributed by atoms with Crippen molar-refractivity contribution in [1.82, 2.24) is 14.7 Å². The Hall–Kier alpha value is -6.57. The van der Waals surface area contributed by atoms with E-state index in [0.717, 1.165) is 44.3 Å². The van der Waals surface area contributed by atoms with E-state index in [2.05, 4.69) is 138 Å². The van der Waals surface area contributed by atoms with Gasteiger partial charge in [-0.05, 0) is 323 Å². The molecule has 786 valence electrons. The molecule has 0 amide bonds. The lowest BCUT2D eigenvalue weighted by Gasteiger charge is -2.44. The highest BCUT2D eigenvalue weighted by Crippen LogP contribution is 2.34. The van der Waals surface area contributed by atoms with Gasteiger partial charge in [0.25, 0.3) is 0 Å². The topological polar surface area (TPSA) is 325 Å². The summed E-state index contributed by atoms with van der Waals surface area (Å²) in [7, 11) is -33.7. The fourth-order valence-electron chi connectivity index (χ4n) is 13.4. The average molecular weight is 2190 g/mol. The Bertz CT molecular complexity index is 5130. The smallest absolute Gasteiger partial charge is 0.350 e. The summed E-state index contributed by atoms with van der Waals surface area (Å²) in [5.41, 5.74) is 1.96. The zero-order valence-electron chi connectivity index (χ0n) is 83.9. The number of methoxy groups -OCH3 is 2. The fraction of sp³-hybridized carbons (Fsp3) is 0.500. The van der Waals surface area contributed by atoms with E-state index in [4.69, 9.17) is 51.9 Å². The second-order valence-corrected chi connectivity index (χ2v) is 90.9. The first-order chi connectivity index (χ1) is 60.5. The van der Waals surface area contributed by atoms with Crippen molar-refractivity contribution in [2.24, 2.45) is 0 Å². The molecule has 42 heteroatoms. The Morgan fingerprint density at radius 1 is 0.348 bits per heavy atom. The number of rotatable bonds is 52. The zero-order valence-corrected chi connectivity index (χ0v) is 98.2. The molecule has 4 aromatic rings. The molecule has 0 saturated carbocycles. The predicted octanol–water partition coefficient (Wildman–Crippen LogP) is 23.5. The first-order valence-electron chi connectivity index (χ1n) is 43.8. The van der Waals surface area contributed by atoms with E-state index in [0.29, 0.717) is 11.7 Å². The molecule has 0 aliphatic heterocycles. The maximum Gasteiger partial charge on any atom is 0.350 e. The van der Waals surface area contributed by atoms with Crippen LogP contribution in [0.1, 0.15) is 84.1 Å². The van der Waals surface area contributed by atoms with Crippen LogP contribution in [-0.4, -0.2) is 233 Å². The summed E-state index contributed by atoms with van der Waals surface area (Å²) in [5, 5.41) is 0.664. The van der Waals surface area contributed by atoms with Crippen LogP contribution in [0.2, 0.25) is 169 Å². The Balaban J connectivity index is -0.000000685. The van der Waals surface area contributed by atoms with E-state index in [9.17, 15) is 52.8 Å². The van der Waals surface area contributed by atoms with Gasteiger partial charge in [-0.3, -0.25) is 0 Å². The van der Waals surface area contributed by atoms with Crippen LogP contribution in [-0.2, 0) is 110 Å². The molecular formula is C96H175N3O24S4Si11. The quantitative estimate of drug-likeness (QED) is 0.00989. The first kappa shape index (κ1) is 140. The number of benzene rings is 4. The molecule has 0 fully saturated rings. The summed E-state index contributed by atoms with van der Waals surface area (Å²) in [5.74, 6) is -3.68. The third kappa shape index (κ3) is 53.1. The molecular weight excluding hydrogens is 2020 g/mol. The number of carbonyl (C=O) groups excluding carboxylic acids is 4. The zero-order chi connectivity index (χ0) is 101. The van der Waals surface area contributed by atoms with Gasteiger partial charge in [-0.2, -0.15) is 0 Å². The SMILES string of the molecule is C.C.C.C.C.C.C=C(CN(C)/C=C/C=C(/C(=O)OCC)S(=O)(=O)c1ccccc1)[Si](C)(O[Si](C)(C)O[Si](C)(C)C)O[Si](C)(/C=C/CN(C)/C=C/C=C(\C(=O)OCC)S(=O)(=O)c1ccccc1)O[Si](C)(C)C.COC(=O)/C(=C\C=C\CCCC[Si](C)(O[Si](C)(C)C)O[Si](C)(C)C)S(=O)(=O)c1ccccc1.COC(=O)/C(=C\C=C\N(C)CCC[Si](C)(O[Si](C)(C)C)O[Si](C)(C)C)S(=O)(=O)c1ccccc1. The second-order valence-electron chi connectivity index (χ2n) is 38.1. The van der Waals surface area contributed by atoms with Crippen molar-refractivity contribution >= 4 is 156 Å². The number of nitrogens with zero attached hydrogens (tertiary/aromatic N) is 3. The van der Waals surface area contributed by atoms with Crippen molar-refractivity contribution in [3.8, 4) is 0 Å². The Morgan fingerprint density at radius 2 is 0.638 bits per heavy atom. The predicted molar refractivity (Wildman–Crippen MR) is 598 cm³/mol. The van der Waals surface area contributed by atoms with Crippen LogP contribution < -0.4 is 0 Å². The van der Waals surface area contributed by atoms with Crippen molar-refractivity contribution in [3.05, 3.63) is 238 Å². The number of carbonyl (C=O) groups is 4. The van der Waals surface area contributed by atoms with Crippen LogP contribution in [0, 0.1) is 0 Å². The van der Waals surface area contributed by atoms with Crippen LogP contribution in [0.25, 0.3) is 0 Å². The molecule has 0 aliphatic rings. The molecule has 0 heterocycles. The van der Waals surface area contributed by atoms with Crippen molar-refractivity contribution in [1.29, 1.82) is 0 Å². The van der Waals surface area contributed by atoms with Crippen molar-refractivity contribution < 1.29 is 105 Å². The molecule has 27 nitrogen and oxygen atoms in total. The largest absolute Gasteiger partial charge is 0.465 e. The molecule has 2 atom stereocenters. The van der Waals surface area contributed by atoms with Gasteiger partial charge in [-0.15, -0.1) is 0 Å². The van der Waals surface area contributed by atoms with Crippen molar-refractivity contribution in [2.45, 2.75) is 273 Å². The van der Waals surface area contributed by atoms with Crippen LogP contribution in [0.15, 0.2) is 257 Å². The number of unbranched alkanes of at least 4 members (excludes halogenated alkanes) is 2. The minimum absolute atomic E-state index is 0. The lowest BCUT2D eigenvalue weighted by Crippen LogP contribution is -2.61. The van der Waals surface area contributed by atoms with Crippen molar-refractivity contribution in [2.75, 3.05) is 68.2 Å². The van der Waals surface area contributed by atoms with Gasteiger partial charge in [-0.1, -0.05) is 149 Å². The fourth-order valence-corrected chi connectivity index (χ4v) is 65.8. The highest BCUT2D eigenvalue weighted by Gasteiger charge is 2.51. The van der Waals surface area contributed by atoms with Gasteiger partial charge in [-0.25, -0.2) is 52.8 Å². The number of esters is 4. The number of sulfone groups is 4. The van der Waals surface area contributed by atoms with Crippen LogP contribution >= 0.6 is 0 Å².